The van der Waals surface area contributed by atoms with E-state index in [2.05, 4.69) is 5.32 Å². The summed E-state index contributed by atoms with van der Waals surface area (Å²) in [5.74, 6) is -0.430. The number of alkyl halides is 3. The molecule has 1 N–H and O–H groups in total. The lowest BCUT2D eigenvalue weighted by molar-refractivity contribution is -0.137. The predicted molar refractivity (Wildman–Crippen MR) is 103 cm³/mol. The van der Waals surface area contributed by atoms with Gasteiger partial charge < -0.3 is 10.2 Å². The molecule has 0 aliphatic carbocycles. The SMILES string of the molecule is CC(=O)N1CCN([C@@H](C(=O)Nc2cccc(C(F)(F)F)c2)c2ccccc2)CC1. The van der Waals surface area contributed by atoms with E-state index in [9.17, 15) is 22.8 Å². The number of hydrogen-bond acceptors (Lipinski definition) is 3. The van der Waals surface area contributed by atoms with E-state index in [4.69, 9.17) is 0 Å². The predicted octanol–water partition coefficient (Wildman–Crippen LogP) is 3.55. The van der Waals surface area contributed by atoms with Crippen LogP contribution in [-0.2, 0) is 15.8 Å². The molecule has 2 aromatic rings. The Kier molecular flexibility index (Phi) is 6.22. The van der Waals surface area contributed by atoms with Crippen molar-refractivity contribution in [1.29, 1.82) is 0 Å². The number of anilines is 1. The molecule has 1 heterocycles. The number of nitrogens with one attached hydrogen (secondary N) is 1. The zero-order valence-electron chi connectivity index (χ0n) is 15.9. The van der Waals surface area contributed by atoms with Gasteiger partial charge in [0.25, 0.3) is 0 Å². The van der Waals surface area contributed by atoms with E-state index in [0.29, 0.717) is 26.2 Å². The van der Waals surface area contributed by atoms with Crippen LogP contribution in [0.3, 0.4) is 0 Å². The van der Waals surface area contributed by atoms with E-state index in [1.54, 1.807) is 4.90 Å². The molecule has 2 aromatic carbocycles. The molecule has 0 radical (unpaired) electrons. The lowest BCUT2D eigenvalue weighted by Gasteiger charge is -2.38. The highest BCUT2D eigenvalue weighted by Gasteiger charge is 2.33. The minimum atomic E-state index is -4.48. The van der Waals surface area contributed by atoms with Crippen LogP contribution in [0.15, 0.2) is 54.6 Å². The molecule has 3 rings (SSSR count). The molecule has 8 heteroatoms. The van der Waals surface area contributed by atoms with Crippen molar-refractivity contribution >= 4 is 17.5 Å². The van der Waals surface area contributed by atoms with Crippen molar-refractivity contribution in [2.24, 2.45) is 0 Å². The average molecular weight is 405 g/mol. The van der Waals surface area contributed by atoms with Gasteiger partial charge >= 0.3 is 6.18 Å². The van der Waals surface area contributed by atoms with Crippen LogP contribution in [0.4, 0.5) is 18.9 Å². The van der Waals surface area contributed by atoms with Gasteiger partial charge in [-0.2, -0.15) is 13.2 Å². The number of amides is 2. The van der Waals surface area contributed by atoms with Crippen molar-refractivity contribution in [3.05, 3.63) is 65.7 Å². The quantitative estimate of drug-likeness (QED) is 0.847. The number of nitrogens with zero attached hydrogens (tertiary/aromatic N) is 2. The summed E-state index contributed by atoms with van der Waals surface area (Å²) in [6, 6.07) is 13.0. The largest absolute Gasteiger partial charge is 0.416 e. The molecule has 0 saturated carbocycles. The molecular formula is C21H22F3N3O2. The monoisotopic (exact) mass is 405 g/mol. The summed E-state index contributed by atoms with van der Waals surface area (Å²) in [6.45, 7) is 3.49. The van der Waals surface area contributed by atoms with Gasteiger partial charge in [0.2, 0.25) is 11.8 Å². The Balaban J connectivity index is 1.82. The third-order valence-electron chi connectivity index (χ3n) is 4.95. The number of carbonyl (C=O) groups excluding carboxylic acids is 2. The molecule has 1 saturated heterocycles. The summed E-state index contributed by atoms with van der Waals surface area (Å²) in [5.41, 5.74) is 0.0167. The Morgan fingerprint density at radius 3 is 2.21 bits per heavy atom. The van der Waals surface area contributed by atoms with Crippen LogP contribution in [0.25, 0.3) is 0 Å². The fourth-order valence-electron chi connectivity index (χ4n) is 3.44. The van der Waals surface area contributed by atoms with E-state index in [1.165, 1.54) is 19.1 Å². The summed E-state index contributed by atoms with van der Waals surface area (Å²) in [5, 5.41) is 2.62. The molecule has 2 amide bonds. The van der Waals surface area contributed by atoms with Gasteiger partial charge in [-0.15, -0.1) is 0 Å². The van der Waals surface area contributed by atoms with Crippen molar-refractivity contribution in [3.8, 4) is 0 Å². The minimum Gasteiger partial charge on any atom is -0.340 e. The van der Waals surface area contributed by atoms with Gasteiger partial charge in [0.05, 0.1) is 5.56 Å². The Bertz CT molecular complexity index is 863. The van der Waals surface area contributed by atoms with Crippen molar-refractivity contribution in [2.75, 3.05) is 31.5 Å². The molecule has 0 unspecified atom stereocenters. The zero-order chi connectivity index (χ0) is 21.0. The number of piperazine rings is 1. The molecule has 5 nitrogen and oxygen atoms in total. The Hall–Kier alpha value is -2.87. The normalized spacial score (nSPS) is 16.3. The zero-order valence-corrected chi connectivity index (χ0v) is 15.9. The maximum atomic E-state index is 13.1. The van der Waals surface area contributed by atoms with E-state index in [-0.39, 0.29) is 11.6 Å². The Labute approximate surface area is 167 Å². The van der Waals surface area contributed by atoms with Gasteiger partial charge in [0.15, 0.2) is 0 Å². The van der Waals surface area contributed by atoms with Gasteiger partial charge in [-0.05, 0) is 23.8 Å². The summed E-state index contributed by atoms with van der Waals surface area (Å²) in [7, 11) is 0. The van der Waals surface area contributed by atoms with E-state index < -0.39 is 23.7 Å². The fraction of sp³-hybridized carbons (Fsp3) is 0.333. The van der Waals surface area contributed by atoms with Crippen molar-refractivity contribution in [1.82, 2.24) is 9.80 Å². The van der Waals surface area contributed by atoms with Crippen LogP contribution in [0, 0.1) is 0 Å². The Morgan fingerprint density at radius 1 is 0.966 bits per heavy atom. The average Bonchev–Trinajstić information content (AvgIpc) is 2.69. The van der Waals surface area contributed by atoms with Crippen molar-refractivity contribution < 1.29 is 22.8 Å². The molecule has 0 aromatic heterocycles. The van der Waals surface area contributed by atoms with Crippen molar-refractivity contribution in [3.63, 3.8) is 0 Å². The summed E-state index contributed by atoms with van der Waals surface area (Å²) < 4.78 is 38.9. The van der Waals surface area contributed by atoms with Gasteiger partial charge in [0.1, 0.15) is 6.04 Å². The van der Waals surface area contributed by atoms with Gasteiger partial charge in [0, 0.05) is 38.8 Å². The van der Waals surface area contributed by atoms with E-state index in [1.807, 2.05) is 35.2 Å². The first-order chi connectivity index (χ1) is 13.8. The highest BCUT2D eigenvalue weighted by atomic mass is 19.4. The van der Waals surface area contributed by atoms with Gasteiger partial charge in [-0.3, -0.25) is 14.5 Å². The third-order valence-corrected chi connectivity index (χ3v) is 4.95. The number of halogens is 3. The molecule has 1 fully saturated rings. The van der Waals surface area contributed by atoms with Crippen LogP contribution in [-0.4, -0.2) is 47.8 Å². The fourth-order valence-corrected chi connectivity index (χ4v) is 3.44. The van der Waals surface area contributed by atoms with Crippen LogP contribution < -0.4 is 5.32 Å². The first-order valence-electron chi connectivity index (χ1n) is 9.28. The van der Waals surface area contributed by atoms with Crippen molar-refractivity contribution in [2.45, 2.75) is 19.1 Å². The highest BCUT2D eigenvalue weighted by Crippen LogP contribution is 2.31. The smallest absolute Gasteiger partial charge is 0.340 e. The molecule has 1 aliphatic heterocycles. The van der Waals surface area contributed by atoms with Gasteiger partial charge in [-0.25, -0.2) is 0 Å². The van der Waals surface area contributed by atoms with Crippen LogP contribution in [0.1, 0.15) is 24.1 Å². The number of benzene rings is 2. The molecule has 29 heavy (non-hydrogen) atoms. The maximum Gasteiger partial charge on any atom is 0.416 e. The van der Waals surface area contributed by atoms with Crippen LogP contribution >= 0.6 is 0 Å². The molecular weight excluding hydrogens is 383 g/mol. The second kappa shape index (κ2) is 8.65. The highest BCUT2D eigenvalue weighted by molar-refractivity contribution is 5.95. The van der Waals surface area contributed by atoms with E-state index >= 15 is 0 Å². The first kappa shape index (κ1) is 20.9. The summed E-state index contributed by atoms with van der Waals surface area (Å²) in [4.78, 5) is 28.3. The van der Waals surface area contributed by atoms with Crippen LogP contribution in [0.5, 0.6) is 0 Å². The topological polar surface area (TPSA) is 52.7 Å². The number of carbonyl (C=O) groups is 2. The lowest BCUT2D eigenvalue weighted by Crippen LogP contribution is -2.51. The standard InChI is InChI=1S/C21H22F3N3O2/c1-15(28)26-10-12-27(13-11-26)19(16-6-3-2-4-7-16)20(29)25-18-9-5-8-17(14-18)21(22,23)24/h2-9,14,19H,10-13H2,1H3,(H,25,29)/t19-/m1/s1. The second-order valence-electron chi connectivity index (χ2n) is 6.92. The Morgan fingerprint density at radius 2 is 1.62 bits per heavy atom. The second-order valence-corrected chi connectivity index (χ2v) is 6.92. The molecule has 0 spiro atoms. The number of hydrogen-bond donors (Lipinski definition) is 1. The molecule has 154 valence electrons. The molecule has 1 aliphatic rings. The minimum absolute atomic E-state index is 0.0191. The number of rotatable bonds is 4. The summed E-state index contributed by atoms with van der Waals surface area (Å²) in [6.07, 6.45) is -4.48. The first-order valence-corrected chi connectivity index (χ1v) is 9.28. The summed E-state index contributed by atoms with van der Waals surface area (Å²) >= 11 is 0. The lowest BCUT2D eigenvalue weighted by atomic mass is 10.0. The van der Waals surface area contributed by atoms with Crippen LogP contribution in [0.2, 0.25) is 0 Å². The van der Waals surface area contributed by atoms with E-state index in [0.717, 1.165) is 17.7 Å². The molecule has 0 bridgehead atoms. The third kappa shape index (κ3) is 5.14. The maximum absolute atomic E-state index is 13.1. The van der Waals surface area contributed by atoms with Gasteiger partial charge in [-0.1, -0.05) is 36.4 Å². The molecule has 1 atom stereocenters.